The lowest BCUT2D eigenvalue weighted by Crippen LogP contribution is -2.57. The number of anilines is 1. The Labute approximate surface area is 401 Å². The summed E-state index contributed by atoms with van der Waals surface area (Å²) in [6, 6.07) is 5.13. The number of aliphatic carboxylic acids is 1. The number of benzene rings is 2. The van der Waals surface area contributed by atoms with Gasteiger partial charge in [-0.05, 0) is 92.3 Å². The highest BCUT2D eigenvalue weighted by Crippen LogP contribution is 2.46. The molecule has 21 heteroatoms. The maximum Gasteiger partial charge on any atom is 0.407 e. The van der Waals surface area contributed by atoms with Crippen LogP contribution in [0.5, 0.6) is 0 Å². The summed E-state index contributed by atoms with van der Waals surface area (Å²) in [7, 11) is 0. The number of cyclic esters (lactones) is 1. The van der Waals surface area contributed by atoms with Gasteiger partial charge in [-0.15, -0.1) is 0 Å². The second-order valence-electron chi connectivity index (χ2n) is 18.0. The number of carboxylic acids is 1. The fourth-order valence-corrected chi connectivity index (χ4v) is 9.04. The Hall–Kier alpha value is -7.42. The van der Waals surface area contributed by atoms with Gasteiger partial charge in [-0.2, -0.15) is 0 Å². The normalized spacial score (nSPS) is 17.7. The van der Waals surface area contributed by atoms with Crippen molar-refractivity contribution >= 4 is 58.4 Å². The number of carbonyl (C=O) groups excluding carboxylic acids is 6. The Morgan fingerprint density at radius 1 is 0.943 bits per heavy atom. The predicted octanol–water partition coefficient (Wildman–Crippen LogP) is 4.39. The molecule has 4 aromatic rings. The largest absolute Gasteiger partial charge is 0.481 e. The van der Waals surface area contributed by atoms with Crippen LogP contribution in [0.2, 0.25) is 0 Å². The van der Waals surface area contributed by atoms with Crippen molar-refractivity contribution < 1.29 is 62.4 Å². The molecule has 7 rings (SSSR count). The van der Waals surface area contributed by atoms with Crippen LogP contribution < -0.4 is 32.1 Å². The highest BCUT2D eigenvalue weighted by molar-refractivity contribution is 5.99. The van der Waals surface area contributed by atoms with Gasteiger partial charge in [0.05, 0.1) is 41.7 Å². The van der Waals surface area contributed by atoms with Crippen molar-refractivity contribution in [2.45, 2.75) is 130 Å². The number of amides is 5. The van der Waals surface area contributed by atoms with E-state index in [-0.39, 0.29) is 50.3 Å². The van der Waals surface area contributed by atoms with Crippen molar-refractivity contribution in [1.82, 2.24) is 30.8 Å². The van der Waals surface area contributed by atoms with E-state index in [0.717, 1.165) is 5.56 Å². The highest BCUT2D eigenvalue weighted by atomic mass is 19.1. The first kappa shape index (κ1) is 50.5. The smallest absolute Gasteiger partial charge is 0.407 e. The predicted molar refractivity (Wildman–Crippen MR) is 248 cm³/mol. The molecule has 0 spiro atoms. The molecule has 0 unspecified atom stereocenters. The van der Waals surface area contributed by atoms with Crippen LogP contribution in [0.4, 0.5) is 19.7 Å². The third-order valence-corrected chi connectivity index (χ3v) is 13.0. The van der Waals surface area contributed by atoms with Crippen LogP contribution in [-0.4, -0.2) is 86.3 Å². The number of ether oxygens (including phenoxy) is 3. The molecule has 2 aromatic carbocycles. The van der Waals surface area contributed by atoms with Crippen LogP contribution in [0.3, 0.4) is 0 Å². The first-order valence-electron chi connectivity index (χ1n) is 23.2. The van der Waals surface area contributed by atoms with Crippen molar-refractivity contribution in [3.63, 3.8) is 0 Å². The molecule has 1 aliphatic carbocycles. The lowest BCUT2D eigenvalue weighted by atomic mass is 9.81. The van der Waals surface area contributed by atoms with Gasteiger partial charge in [0.25, 0.3) is 5.56 Å². The van der Waals surface area contributed by atoms with Crippen molar-refractivity contribution in [2.24, 2.45) is 5.92 Å². The van der Waals surface area contributed by atoms with Crippen molar-refractivity contribution in [2.75, 3.05) is 11.9 Å². The van der Waals surface area contributed by atoms with Crippen LogP contribution in [-0.2, 0) is 70.0 Å². The lowest BCUT2D eigenvalue weighted by molar-refractivity contribution is -0.172. The van der Waals surface area contributed by atoms with Crippen LogP contribution in [0, 0.1) is 18.7 Å². The maximum absolute atomic E-state index is 15.4. The summed E-state index contributed by atoms with van der Waals surface area (Å²) in [5.74, 6) is -5.07. The van der Waals surface area contributed by atoms with Crippen LogP contribution in [0.1, 0.15) is 112 Å². The highest BCUT2D eigenvalue weighted by Gasteiger charge is 2.46. The first-order valence-corrected chi connectivity index (χ1v) is 23.2. The van der Waals surface area contributed by atoms with Crippen molar-refractivity contribution in [3.8, 4) is 11.4 Å². The van der Waals surface area contributed by atoms with Crippen molar-refractivity contribution in [1.29, 1.82) is 0 Å². The summed E-state index contributed by atoms with van der Waals surface area (Å²) in [6.07, 6.45) is -1.09. The first-order chi connectivity index (χ1) is 33.3. The monoisotopic (exact) mass is 969 g/mol. The van der Waals surface area contributed by atoms with Gasteiger partial charge in [-0.1, -0.05) is 39.8 Å². The molecule has 0 fully saturated rings. The summed E-state index contributed by atoms with van der Waals surface area (Å²) >= 11 is 0. The van der Waals surface area contributed by atoms with Gasteiger partial charge < -0.3 is 55.6 Å². The Morgan fingerprint density at radius 2 is 1.67 bits per heavy atom. The fourth-order valence-electron chi connectivity index (χ4n) is 9.04. The van der Waals surface area contributed by atoms with E-state index in [1.807, 2.05) is 0 Å². The van der Waals surface area contributed by atoms with Gasteiger partial charge in [0.2, 0.25) is 17.7 Å². The number of aryl methyl sites for hydroxylation is 1. The third-order valence-electron chi connectivity index (χ3n) is 13.0. The number of esters is 1. The molecule has 20 nitrogen and oxygen atoms in total. The van der Waals surface area contributed by atoms with Crippen LogP contribution in [0.25, 0.3) is 22.3 Å². The number of aliphatic hydroxyl groups is 1. The molecular weight excluding hydrogens is 914 g/mol. The minimum absolute atomic E-state index is 0.0393. The van der Waals surface area contributed by atoms with E-state index < -0.39 is 95.3 Å². The van der Waals surface area contributed by atoms with Gasteiger partial charge in [0, 0.05) is 34.7 Å². The number of hydrogen-bond acceptors (Lipinski definition) is 13. The number of pyridine rings is 2. The molecule has 2 aliphatic heterocycles. The zero-order valence-electron chi connectivity index (χ0n) is 39.6. The molecular formula is C49H56FN7O13. The number of fused-ring (bicyclic) bond motifs is 5. The molecule has 0 radical (unpaired) electrons. The summed E-state index contributed by atoms with van der Waals surface area (Å²) in [4.78, 5) is 108. The summed E-state index contributed by atoms with van der Waals surface area (Å²) in [5.41, 5.74) is 2.24. The molecule has 2 aromatic heterocycles. The Kier molecular flexibility index (Phi) is 14.9. The molecule has 3 aliphatic rings. The van der Waals surface area contributed by atoms with E-state index in [9.17, 15) is 43.5 Å². The lowest BCUT2D eigenvalue weighted by Gasteiger charge is -2.31. The molecule has 7 N–H and O–H groups in total. The number of halogens is 1. The molecule has 70 heavy (non-hydrogen) atoms. The van der Waals surface area contributed by atoms with Gasteiger partial charge in [-0.3, -0.25) is 24.0 Å². The van der Waals surface area contributed by atoms with Crippen LogP contribution in [0.15, 0.2) is 41.2 Å². The van der Waals surface area contributed by atoms with E-state index in [2.05, 4.69) is 26.6 Å². The second kappa shape index (κ2) is 20.7. The Bertz CT molecular complexity index is 2850. The summed E-state index contributed by atoms with van der Waals surface area (Å²) in [6.45, 7) is 9.52. The third kappa shape index (κ3) is 10.1. The molecule has 372 valence electrons. The zero-order valence-corrected chi connectivity index (χ0v) is 39.6. The minimum Gasteiger partial charge on any atom is -0.481 e. The molecule has 4 heterocycles. The number of aromatic nitrogens is 2. The minimum atomic E-state index is -2.04. The van der Waals surface area contributed by atoms with Gasteiger partial charge >= 0.3 is 24.1 Å². The van der Waals surface area contributed by atoms with E-state index in [1.54, 1.807) is 65.0 Å². The van der Waals surface area contributed by atoms with E-state index in [4.69, 9.17) is 24.3 Å². The zero-order chi connectivity index (χ0) is 50.8. The fraction of sp³-hybridized carbons (Fsp3) is 0.449. The Morgan fingerprint density at radius 3 is 2.34 bits per heavy atom. The number of carboxylic acid groups (broad SMARTS) is 1. The number of rotatable bonds is 17. The number of alkyl carbamates (subject to hydrolysis) is 2. The molecule has 0 saturated heterocycles. The van der Waals surface area contributed by atoms with Gasteiger partial charge in [0.15, 0.2) is 5.60 Å². The summed E-state index contributed by atoms with van der Waals surface area (Å²) in [5, 5.41) is 34.3. The van der Waals surface area contributed by atoms with E-state index >= 15 is 4.39 Å². The van der Waals surface area contributed by atoms with Crippen molar-refractivity contribution in [3.05, 3.63) is 91.5 Å². The average Bonchev–Trinajstić information content (AvgIpc) is 3.70. The standard InChI is InChI=1S/C49H56FN7O13/c1-7-17-68-47(65)55-34(15-16-37(58)59)43(61)56-40(23(3)4)44(62)51-25(6)42(60)52-27-11-9-26(10-12-27)21-70-48(66)54-33-14-13-28-24(5)32(50)19-35-38(28)39(33)29-20-57-36(41(29)53-35)18-31-30(45(57)63)22-69-46(64)49(31,67)8-2/h9-12,18-19,23,25,33-34,40,67H,7-8,13-17,20-22H2,1-6H3,(H,51,62)(H,52,60)(H,54,66)(H,55,65)(H,56,61)(H,58,59)/t25-,33-,34-,40-,49-/m0/s1. The number of nitrogens with one attached hydrogen (secondary N) is 5. The average molecular weight is 970 g/mol. The SMILES string of the molecule is CCCOC(=O)N[C@@H](CCC(=O)O)C(=O)N[C@H](C(=O)N[C@@H](C)C(=O)Nc1ccc(COC(=O)N[C@H]2CCc3c(C)c(F)cc4nc5c(c2c34)Cn2c-5cc3c(c2=O)COC(=O)[C@]3(O)CC)cc1)C(C)C. The summed E-state index contributed by atoms with van der Waals surface area (Å²) < 4.78 is 32.7. The van der Waals surface area contributed by atoms with Gasteiger partial charge in [-0.25, -0.2) is 23.8 Å². The second-order valence-corrected chi connectivity index (χ2v) is 18.0. The Balaban J connectivity index is 0.989. The number of carbonyl (C=O) groups is 7. The van der Waals surface area contributed by atoms with E-state index in [1.165, 1.54) is 17.6 Å². The molecule has 5 atom stereocenters. The van der Waals surface area contributed by atoms with E-state index in [0.29, 0.717) is 69.5 Å². The quantitative estimate of drug-likeness (QED) is 0.0503. The molecule has 0 bridgehead atoms. The van der Waals surface area contributed by atoms with Crippen LogP contribution >= 0.6 is 0 Å². The van der Waals surface area contributed by atoms with Gasteiger partial charge in [0.1, 0.15) is 37.2 Å². The maximum atomic E-state index is 15.4. The molecule has 5 amide bonds. The topological polar surface area (TPSA) is 283 Å². The molecule has 0 saturated carbocycles. The number of nitrogens with zero attached hydrogens (tertiary/aromatic N) is 2. The number of hydrogen-bond donors (Lipinski definition) is 7.